The molecule has 0 spiro atoms. The van der Waals surface area contributed by atoms with Gasteiger partial charge in [0.1, 0.15) is 5.82 Å². The highest BCUT2D eigenvalue weighted by Gasteiger charge is 2.15. The Morgan fingerprint density at radius 2 is 2.26 bits per heavy atom. The van der Waals surface area contributed by atoms with Gasteiger partial charge in [0.05, 0.1) is 5.25 Å². The first kappa shape index (κ1) is 17.3. The van der Waals surface area contributed by atoms with Crippen LogP contribution in [0.15, 0.2) is 28.4 Å². The zero-order valence-corrected chi connectivity index (χ0v) is 14.3. The molecule has 2 N–H and O–H groups in total. The van der Waals surface area contributed by atoms with Gasteiger partial charge in [0.25, 0.3) is 5.56 Å². The summed E-state index contributed by atoms with van der Waals surface area (Å²) in [4.78, 5) is 34.5. The van der Waals surface area contributed by atoms with Crippen LogP contribution in [-0.4, -0.2) is 37.2 Å². The van der Waals surface area contributed by atoms with Crippen LogP contribution in [0.5, 0.6) is 0 Å². The molecule has 0 unspecified atom stereocenters. The molecule has 0 fully saturated rings. The molecule has 0 saturated carbocycles. The molecule has 2 aromatic heterocycles. The predicted molar refractivity (Wildman–Crippen MR) is 89.5 cm³/mol. The lowest BCUT2D eigenvalue weighted by Crippen LogP contribution is -2.32. The van der Waals surface area contributed by atoms with Crippen molar-refractivity contribution >= 4 is 17.7 Å². The standard InChI is InChI=1S/C15H21N5O2S/c1-10-9-13(21)19-15(18-10)23-11(2)14(22)17-5-4-7-20-8-6-16-12(20)3/h6,8-9,11H,4-5,7H2,1-3H3,(H,17,22)(H,18,19,21)/t11-/m1/s1. The molecule has 0 radical (unpaired) electrons. The molecule has 0 aromatic carbocycles. The topological polar surface area (TPSA) is 92.7 Å². The summed E-state index contributed by atoms with van der Waals surface area (Å²) in [7, 11) is 0. The average Bonchev–Trinajstić information content (AvgIpc) is 2.87. The third-order valence-electron chi connectivity index (χ3n) is 3.30. The van der Waals surface area contributed by atoms with Gasteiger partial charge in [-0.25, -0.2) is 9.97 Å². The number of nitrogens with zero attached hydrogens (tertiary/aromatic N) is 3. The number of hydrogen-bond acceptors (Lipinski definition) is 5. The molecule has 2 heterocycles. The number of aryl methyl sites for hydroxylation is 3. The minimum atomic E-state index is -0.324. The molecule has 2 rings (SSSR count). The highest BCUT2D eigenvalue weighted by atomic mass is 32.2. The lowest BCUT2D eigenvalue weighted by Gasteiger charge is -2.12. The molecule has 2 aromatic rings. The van der Waals surface area contributed by atoms with Crippen LogP contribution in [0.3, 0.4) is 0 Å². The SMILES string of the molecule is Cc1cc(=O)[nH]c(S[C@H](C)C(=O)NCCCn2ccnc2C)n1. The fraction of sp³-hybridized carbons (Fsp3) is 0.467. The summed E-state index contributed by atoms with van der Waals surface area (Å²) in [5.41, 5.74) is 0.433. The Hall–Kier alpha value is -2.09. The molecule has 0 aliphatic carbocycles. The quantitative estimate of drug-likeness (QED) is 0.451. The Morgan fingerprint density at radius 3 is 2.91 bits per heavy atom. The van der Waals surface area contributed by atoms with Gasteiger partial charge in [-0.15, -0.1) is 0 Å². The van der Waals surface area contributed by atoms with Crippen LogP contribution in [0.2, 0.25) is 0 Å². The maximum Gasteiger partial charge on any atom is 0.251 e. The summed E-state index contributed by atoms with van der Waals surface area (Å²) < 4.78 is 2.05. The molecule has 0 aliphatic heterocycles. The highest BCUT2D eigenvalue weighted by Crippen LogP contribution is 2.18. The molecule has 0 bridgehead atoms. The van der Waals surface area contributed by atoms with E-state index in [0.717, 1.165) is 18.8 Å². The van der Waals surface area contributed by atoms with Crippen LogP contribution in [-0.2, 0) is 11.3 Å². The lowest BCUT2D eigenvalue weighted by molar-refractivity contribution is -0.120. The van der Waals surface area contributed by atoms with Gasteiger partial charge in [-0.05, 0) is 27.2 Å². The van der Waals surface area contributed by atoms with E-state index in [-0.39, 0.29) is 16.7 Å². The number of imidazole rings is 1. The van der Waals surface area contributed by atoms with Gasteiger partial charge in [0.2, 0.25) is 5.91 Å². The number of thioether (sulfide) groups is 1. The molecule has 1 amide bonds. The zero-order chi connectivity index (χ0) is 16.8. The van der Waals surface area contributed by atoms with E-state index in [0.29, 0.717) is 17.4 Å². The molecule has 23 heavy (non-hydrogen) atoms. The van der Waals surface area contributed by atoms with Crippen molar-refractivity contribution in [3.8, 4) is 0 Å². The van der Waals surface area contributed by atoms with Crippen LogP contribution in [0.1, 0.15) is 24.9 Å². The summed E-state index contributed by atoms with van der Waals surface area (Å²) in [6.07, 6.45) is 4.53. The van der Waals surface area contributed by atoms with E-state index in [4.69, 9.17) is 0 Å². The van der Waals surface area contributed by atoms with Crippen molar-refractivity contribution in [3.05, 3.63) is 40.3 Å². The molecule has 7 nitrogen and oxygen atoms in total. The van der Waals surface area contributed by atoms with Crippen LogP contribution in [0.25, 0.3) is 0 Å². The van der Waals surface area contributed by atoms with Crippen molar-refractivity contribution in [2.75, 3.05) is 6.54 Å². The van der Waals surface area contributed by atoms with Gasteiger partial charge in [-0.1, -0.05) is 11.8 Å². The fourth-order valence-corrected chi connectivity index (χ4v) is 2.95. The van der Waals surface area contributed by atoms with Crippen molar-refractivity contribution in [3.63, 3.8) is 0 Å². The van der Waals surface area contributed by atoms with E-state index in [1.54, 1.807) is 20.0 Å². The monoisotopic (exact) mass is 335 g/mol. The first-order valence-electron chi connectivity index (χ1n) is 7.46. The Labute approximate surface area is 138 Å². The van der Waals surface area contributed by atoms with Crippen molar-refractivity contribution in [1.82, 2.24) is 24.8 Å². The van der Waals surface area contributed by atoms with E-state index in [9.17, 15) is 9.59 Å². The smallest absolute Gasteiger partial charge is 0.251 e. The van der Waals surface area contributed by atoms with Gasteiger partial charge in [-0.2, -0.15) is 0 Å². The number of carbonyl (C=O) groups is 1. The van der Waals surface area contributed by atoms with E-state index in [1.165, 1.54) is 17.8 Å². The molecule has 8 heteroatoms. The third kappa shape index (κ3) is 5.24. The zero-order valence-electron chi connectivity index (χ0n) is 13.5. The van der Waals surface area contributed by atoms with Crippen LogP contribution in [0.4, 0.5) is 0 Å². The summed E-state index contributed by atoms with van der Waals surface area (Å²) in [5, 5.41) is 3.04. The van der Waals surface area contributed by atoms with E-state index < -0.39 is 0 Å². The van der Waals surface area contributed by atoms with Gasteiger partial charge in [-0.3, -0.25) is 9.59 Å². The molecular formula is C15H21N5O2S. The Balaban J connectivity index is 1.76. The normalized spacial score (nSPS) is 12.1. The number of aromatic amines is 1. The number of nitrogens with one attached hydrogen (secondary N) is 2. The highest BCUT2D eigenvalue weighted by molar-refractivity contribution is 8.00. The van der Waals surface area contributed by atoms with Crippen molar-refractivity contribution in [2.45, 2.75) is 44.1 Å². The fourth-order valence-electron chi connectivity index (χ4n) is 2.07. The minimum absolute atomic E-state index is 0.0680. The number of aromatic nitrogens is 4. The molecular weight excluding hydrogens is 314 g/mol. The number of H-pyrrole nitrogens is 1. The summed E-state index contributed by atoms with van der Waals surface area (Å²) >= 11 is 1.24. The second-order valence-electron chi connectivity index (χ2n) is 5.26. The second-order valence-corrected chi connectivity index (χ2v) is 6.59. The van der Waals surface area contributed by atoms with Crippen LogP contribution >= 0.6 is 11.8 Å². The molecule has 0 saturated heterocycles. The van der Waals surface area contributed by atoms with Crippen LogP contribution in [0, 0.1) is 13.8 Å². The number of amides is 1. The predicted octanol–water partition coefficient (Wildman–Crippen LogP) is 1.27. The van der Waals surface area contributed by atoms with E-state index in [2.05, 4.69) is 20.3 Å². The minimum Gasteiger partial charge on any atom is -0.355 e. The first-order chi connectivity index (χ1) is 11.0. The van der Waals surface area contributed by atoms with Gasteiger partial charge in [0, 0.05) is 37.2 Å². The molecule has 0 aliphatic rings. The largest absolute Gasteiger partial charge is 0.355 e. The summed E-state index contributed by atoms with van der Waals surface area (Å²) in [6.45, 7) is 6.91. The Bertz CT molecular complexity index is 725. The van der Waals surface area contributed by atoms with Gasteiger partial charge in [0.15, 0.2) is 5.16 Å². The van der Waals surface area contributed by atoms with E-state index >= 15 is 0 Å². The lowest BCUT2D eigenvalue weighted by atomic mass is 10.3. The van der Waals surface area contributed by atoms with Crippen molar-refractivity contribution in [1.29, 1.82) is 0 Å². The number of carbonyl (C=O) groups excluding carboxylic acids is 1. The Morgan fingerprint density at radius 1 is 1.48 bits per heavy atom. The number of hydrogen-bond donors (Lipinski definition) is 2. The maximum atomic E-state index is 12.1. The van der Waals surface area contributed by atoms with Crippen LogP contribution < -0.4 is 10.9 Å². The maximum absolute atomic E-state index is 12.1. The first-order valence-corrected chi connectivity index (χ1v) is 8.34. The van der Waals surface area contributed by atoms with Gasteiger partial charge < -0.3 is 14.9 Å². The summed E-state index contributed by atoms with van der Waals surface area (Å²) in [6, 6.07) is 1.42. The van der Waals surface area contributed by atoms with E-state index in [1.807, 2.05) is 17.7 Å². The van der Waals surface area contributed by atoms with Crippen molar-refractivity contribution in [2.24, 2.45) is 0 Å². The molecule has 124 valence electrons. The second kappa shape index (κ2) is 7.96. The molecule has 1 atom stereocenters. The average molecular weight is 335 g/mol. The van der Waals surface area contributed by atoms with Crippen molar-refractivity contribution < 1.29 is 4.79 Å². The third-order valence-corrected chi connectivity index (χ3v) is 4.29. The number of rotatable bonds is 7. The Kier molecular flexibility index (Phi) is 5.97. The summed E-state index contributed by atoms with van der Waals surface area (Å²) in [5.74, 6) is 0.899. The van der Waals surface area contributed by atoms with Gasteiger partial charge >= 0.3 is 0 Å².